The van der Waals surface area contributed by atoms with Gasteiger partial charge in [0.15, 0.2) is 0 Å². The van der Waals surface area contributed by atoms with E-state index in [0.717, 1.165) is 35.5 Å². The van der Waals surface area contributed by atoms with Gasteiger partial charge < -0.3 is 14.4 Å². The molecule has 0 saturated carbocycles. The van der Waals surface area contributed by atoms with Gasteiger partial charge in [0.05, 0.1) is 30.9 Å². The molecule has 0 aliphatic carbocycles. The Morgan fingerprint density at radius 1 is 1.50 bits per heavy atom. The molecule has 0 fully saturated rings. The standard InChI is InChI=1S/C15H17ClN2O2/c1-2-18-9-17-8-13(18)14(19)7-11-6-12(16)5-10-3-4-20-15(10)11/h5-6,8-9,14,19H,2-4,7H2,1H3. The third kappa shape index (κ3) is 2.41. The SMILES string of the molecule is CCn1cncc1C(O)Cc1cc(Cl)cc2c1OCC2. The van der Waals surface area contributed by atoms with Crippen LogP contribution in [0.4, 0.5) is 0 Å². The third-order valence-electron chi connectivity index (χ3n) is 3.67. The van der Waals surface area contributed by atoms with E-state index in [1.165, 1.54) is 0 Å². The summed E-state index contributed by atoms with van der Waals surface area (Å²) in [5.41, 5.74) is 2.91. The van der Waals surface area contributed by atoms with Crippen molar-refractivity contribution in [2.75, 3.05) is 6.61 Å². The van der Waals surface area contributed by atoms with Crippen molar-refractivity contribution in [3.05, 3.63) is 46.5 Å². The minimum absolute atomic E-state index is 0.481. The molecule has 3 rings (SSSR count). The second-order valence-corrected chi connectivity index (χ2v) is 5.41. The van der Waals surface area contributed by atoms with Crippen LogP contribution in [-0.4, -0.2) is 21.3 Å². The van der Waals surface area contributed by atoms with Gasteiger partial charge in [-0.25, -0.2) is 4.98 Å². The van der Waals surface area contributed by atoms with Gasteiger partial charge in [0.2, 0.25) is 0 Å². The largest absolute Gasteiger partial charge is 0.493 e. The Balaban J connectivity index is 1.88. The van der Waals surface area contributed by atoms with Crippen LogP contribution in [0.25, 0.3) is 0 Å². The van der Waals surface area contributed by atoms with Gasteiger partial charge in [-0.15, -0.1) is 0 Å². The van der Waals surface area contributed by atoms with Gasteiger partial charge in [0.1, 0.15) is 5.75 Å². The molecule has 1 aliphatic rings. The Morgan fingerprint density at radius 2 is 2.35 bits per heavy atom. The molecule has 1 unspecified atom stereocenters. The van der Waals surface area contributed by atoms with Crippen molar-refractivity contribution in [3.63, 3.8) is 0 Å². The second-order valence-electron chi connectivity index (χ2n) is 4.98. The molecule has 2 aromatic rings. The Bertz CT molecular complexity index is 624. The quantitative estimate of drug-likeness (QED) is 0.942. The molecule has 2 heterocycles. The summed E-state index contributed by atoms with van der Waals surface area (Å²) in [4.78, 5) is 4.09. The lowest BCUT2D eigenvalue weighted by atomic mass is 10.0. The van der Waals surface area contributed by atoms with Crippen molar-refractivity contribution in [2.24, 2.45) is 0 Å². The molecule has 1 aromatic carbocycles. The molecule has 5 heteroatoms. The predicted molar refractivity (Wildman–Crippen MR) is 77.2 cm³/mol. The van der Waals surface area contributed by atoms with E-state index in [9.17, 15) is 5.11 Å². The fraction of sp³-hybridized carbons (Fsp3) is 0.400. The van der Waals surface area contributed by atoms with Crippen molar-refractivity contribution < 1.29 is 9.84 Å². The van der Waals surface area contributed by atoms with Crippen LogP contribution in [0.15, 0.2) is 24.7 Å². The first-order chi connectivity index (χ1) is 9.69. The summed E-state index contributed by atoms with van der Waals surface area (Å²) < 4.78 is 7.61. The van der Waals surface area contributed by atoms with Gasteiger partial charge in [0, 0.05) is 24.4 Å². The molecule has 0 bridgehead atoms. The molecule has 0 radical (unpaired) electrons. The van der Waals surface area contributed by atoms with Crippen molar-refractivity contribution in [2.45, 2.75) is 32.4 Å². The topological polar surface area (TPSA) is 47.3 Å². The maximum absolute atomic E-state index is 10.4. The lowest BCUT2D eigenvalue weighted by molar-refractivity contribution is 0.167. The maximum atomic E-state index is 10.4. The first-order valence-corrected chi connectivity index (χ1v) is 7.19. The number of nitrogens with zero attached hydrogens (tertiary/aromatic N) is 2. The summed E-state index contributed by atoms with van der Waals surface area (Å²) in [6.07, 6.45) is 4.20. The summed E-state index contributed by atoms with van der Waals surface area (Å²) in [7, 11) is 0. The Hall–Kier alpha value is -1.52. The zero-order chi connectivity index (χ0) is 14.1. The zero-order valence-electron chi connectivity index (χ0n) is 11.3. The number of aromatic nitrogens is 2. The van der Waals surface area contributed by atoms with Crippen LogP contribution in [0.3, 0.4) is 0 Å². The van der Waals surface area contributed by atoms with Crippen molar-refractivity contribution >= 4 is 11.6 Å². The second kappa shape index (κ2) is 5.46. The normalized spacial score (nSPS) is 14.9. The summed E-state index contributed by atoms with van der Waals surface area (Å²) in [5.74, 6) is 0.885. The number of rotatable bonds is 4. The molecule has 1 N–H and O–H groups in total. The highest BCUT2D eigenvalue weighted by Crippen LogP contribution is 2.35. The lowest BCUT2D eigenvalue weighted by Gasteiger charge is -2.15. The number of aryl methyl sites for hydroxylation is 1. The van der Waals surface area contributed by atoms with Gasteiger partial charge in [-0.1, -0.05) is 11.6 Å². The highest BCUT2D eigenvalue weighted by molar-refractivity contribution is 6.30. The summed E-state index contributed by atoms with van der Waals surface area (Å²) in [6.45, 7) is 3.50. The number of ether oxygens (including phenoxy) is 1. The predicted octanol–water partition coefficient (Wildman–Crippen LogP) is 2.77. The van der Waals surface area contributed by atoms with Crippen LogP contribution in [0.2, 0.25) is 5.02 Å². The number of aliphatic hydroxyl groups is 1. The fourth-order valence-corrected chi connectivity index (χ4v) is 2.95. The minimum Gasteiger partial charge on any atom is -0.493 e. The molecule has 0 saturated heterocycles. The zero-order valence-corrected chi connectivity index (χ0v) is 12.1. The van der Waals surface area contributed by atoms with Crippen LogP contribution < -0.4 is 4.74 Å². The molecule has 1 aromatic heterocycles. The number of imidazole rings is 1. The van der Waals surface area contributed by atoms with E-state index in [1.54, 1.807) is 12.5 Å². The average Bonchev–Trinajstić information content (AvgIpc) is 3.06. The minimum atomic E-state index is -0.607. The van der Waals surface area contributed by atoms with Gasteiger partial charge in [-0.3, -0.25) is 0 Å². The Morgan fingerprint density at radius 3 is 3.15 bits per heavy atom. The average molecular weight is 293 g/mol. The van der Waals surface area contributed by atoms with Gasteiger partial charge in [-0.2, -0.15) is 0 Å². The number of halogens is 1. The van der Waals surface area contributed by atoms with E-state index < -0.39 is 6.10 Å². The van der Waals surface area contributed by atoms with Crippen LogP contribution in [0.5, 0.6) is 5.75 Å². The van der Waals surface area contributed by atoms with Crippen LogP contribution >= 0.6 is 11.6 Å². The Kier molecular flexibility index (Phi) is 3.68. The molecule has 4 nitrogen and oxygen atoms in total. The van der Waals surface area contributed by atoms with Gasteiger partial charge in [0.25, 0.3) is 0 Å². The first-order valence-electron chi connectivity index (χ1n) is 6.81. The van der Waals surface area contributed by atoms with E-state index in [-0.39, 0.29) is 0 Å². The van der Waals surface area contributed by atoms with Crippen LogP contribution in [-0.2, 0) is 19.4 Å². The van der Waals surface area contributed by atoms with Gasteiger partial charge in [-0.05, 0) is 30.2 Å². The number of hydrogen-bond acceptors (Lipinski definition) is 3. The summed E-state index contributed by atoms with van der Waals surface area (Å²) in [5, 5.41) is 11.1. The molecule has 0 spiro atoms. The van der Waals surface area contributed by atoms with Crippen LogP contribution in [0.1, 0.15) is 29.8 Å². The fourth-order valence-electron chi connectivity index (χ4n) is 2.68. The molecule has 106 valence electrons. The lowest BCUT2D eigenvalue weighted by Crippen LogP contribution is -2.09. The number of benzene rings is 1. The molecule has 20 heavy (non-hydrogen) atoms. The highest BCUT2D eigenvalue weighted by Gasteiger charge is 2.21. The maximum Gasteiger partial charge on any atom is 0.126 e. The van der Waals surface area contributed by atoms with Gasteiger partial charge >= 0.3 is 0 Å². The number of fused-ring (bicyclic) bond motifs is 1. The molecular weight excluding hydrogens is 276 g/mol. The molecule has 0 amide bonds. The molecule has 1 atom stereocenters. The first kappa shape index (κ1) is 13.5. The number of hydrogen-bond donors (Lipinski definition) is 1. The van der Waals surface area contributed by atoms with Crippen molar-refractivity contribution in [3.8, 4) is 5.75 Å². The summed E-state index contributed by atoms with van der Waals surface area (Å²) in [6, 6.07) is 3.82. The number of aliphatic hydroxyl groups excluding tert-OH is 1. The summed E-state index contributed by atoms with van der Waals surface area (Å²) >= 11 is 6.14. The smallest absolute Gasteiger partial charge is 0.126 e. The van der Waals surface area contributed by atoms with Crippen molar-refractivity contribution in [1.29, 1.82) is 0 Å². The van der Waals surface area contributed by atoms with E-state index in [0.29, 0.717) is 18.1 Å². The van der Waals surface area contributed by atoms with E-state index in [4.69, 9.17) is 16.3 Å². The monoisotopic (exact) mass is 292 g/mol. The highest BCUT2D eigenvalue weighted by atomic mass is 35.5. The molecule has 1 aliphatic heterocycles. The van der Waals surface area contributed by atoms with Crippen molar-refractivity contribution in [1.82, 2.24) is 9.55 Å². The third-order valence-corrected chi connectivity index (χ3v) is 3.88. The van der Waals surface area contributed by atoms with E-state index >= 15 is 0 Å². The van der Waals surface area contributed by atoms with Crippen LogP contribution in [0, 0.1) is 0 Å². The van der Waals surface area contributed by atoms with E-state index in [2.05, 4.69) is 4.98 Å². The Labute approximate surface area is 123 Å². The molecular formula is C15H17ClN2O2. The van der Waals surface area contributed by atoms with E-state index in [1.807, 2.05) is 23.6 Å².